The van der Waals surface area contributed by atoms with Crippen molar-refractivity contribution < 1.29 is 4.79 Å². The largest absolute Gasteiger partial charge is 0.299 e. The molecule has 1 spiro atoms. The van der Waals surface area contributed by atoms with E-state index in [-0.39, 0.29) is 5.41 Å². The normalized spacial score (nSPS) is 51.1. The zero-order valence-electron chi connectivity index (χ0n) is 13.4. The minimum Gasteiger partial charge on any atom is -0.299 e. The summed E-state index contributed by atoms with van der Waals surface area (Å²) < 4.78 is 0. The van der Waals surface area contributed by atoms with E-state index in [1.54, 1.807) is 0 Å². The minimum atomic E-state index is -0.0153. The van der Waals surface area contributed by atoms with Crippen LogP contribution in [0.25, 0.3) is 0 Å². The smallest absolute Gasteiger partial charge is 0.139 e. The molecule has 1 heteroatoms. The maximum Gasteiger partial charge on any atom is 0.139 e. The van der Waals surface area contributed by atoms with Crippen LogP contribution < -0.4 is 0 Å². The van der Waals surface area contributed by atoms with Gasteiger partial charge in [0.15, 0.2) is 0 Å². The Bertz CT molecular complexity index is 410. The molecule has 0 amide bonds. The van der Waals surface area contributed by atoms with E-state index in [2.05, 4.69) is 34.6 Å². The first-order valence-corrected chi connectivity index (χ1v) is 8.33. The molecule has 0 unspecified atom stereocenters. The van der Waals surface area contributed by atoms with Gasteiger partial charge in [-0.1, -0.05) is 34.6 Å². The predicted molar refractivity (Wildman–Crippen MR) is 78.8 cm³/mol. The maximum atomic E-state index is 12.7. The molecule has 5 atom stereocenters. The molecule has 0 radical (unpaired) electrons. The lowest BCUT2D eigenvalue weighted by atomic mass is 9.56. The van der Waals surface area contributed by atoms with E-state index in [9.17, 15) is 4.79 Å². The van der Waals surface area contributed by atoms with Crippen LogP contribution >= 0.6 is 0 Å². The van der Waals surface area contributed by atoms with Crippen molar-refractivity contribution in [3.8, 4) is 0 Å². The van der Waals surface area contributed by atoms with Gasteiger partial charge in [0.25, 0.3) is 0 Å². The van der Waals surface area contributed by atoms with Crippen LogP contribution in [0.15, 0.2) is 0 Å². The molecule has 0 heterocycles. The topological polar surface area (TPSA) is 17.1 Å². The summed E-state index contributed by atoms with van der Waals surface area (Å²) >= 11 is 0. The van der Waals surface area contributed by atoms with Crippen molar-refractivity contribution in [2.75, 3.05) is 0 Å². The Kier molecular flexibility index (Phi) is 2.77. The van der Waals surface area contributed by atoms with E-state index in [0.717, 1.165) is 30.6 Å². The van der Waals surface area contributed by atoms with Crippen molar-refractivity contribution >= 4 is 5.78 Å². The van der Waals surface area contributed by atoms with E-state index < -0.39 is 0 Å². The standard InChI is InChI=1S/C18H30O/c1-6-15(19)17(5)9-8-14-16(3,4)13-11-18(14,17)10-7-12(13)2/h12-14H,6-11H2,1-5H3/t12-,13-,14+,17+,18+/m1/s1. The third kappa shape index (κ3) is 1.40. The molecule has 0 aromatic carbocycles. The summed E-state index contributed by atoms with van der Waals surface area (Å²) in [5.41, 5.74) is 0.779. The summed E-state index contributed by atoms with van der Waals surface area (Å²) in [6, 6.07) is 0. The predicted octanol–water partition coefficient (Wildman–Crippen LogP) is 4.84. The quantitative estimate of drug-likeness (QED) is 0.695. The van der Waals surface area contributed by atoms with Crippen LogP contribution in [0.5, 0.6) is 0 Å². The van der Waals surface area contributed by atoms with Gasteiger partial charge in [-0.25, -0.2) is 0 Å². The average Bonchev–Trinajstić information content (AvgIpc) is 2.76. The van der Waals surface area contributed by atoms with Crippen molar-refractivity contribution in [2.24, 2.45) is 34.0 Å². The summed E-state index contributed by atoms with van der Waals surface area (Å²) in [6.45, 7) is 11.8. The van der Waals surface area contributed by atoms with Gasteiger partial charge in [0, 0.05) is 11.8 Å². The van der Waals surface area contributed by atoms with Gasteiger partial charge in [-0.15, -0.1) is 0 Å². The Morgan fingerprint density at radius 2 is 1.84 bits per heavy atom. The summed E-state index contributed by atoms with van der Waals surface area (Å²) in [5.74, 6) is 3.03. The fourth-order valence-electron chi connectivity index (χ4n) is 6.69. The summed E-state index contributed by atoms with van der Waals surface area (Å²) in [6.07, 6.45) is 7.14. The Labute approximate surface area is 118 Å². The SMILES string of the molecule is CCC(=O)[C@]1(C)CC[C@H]2C(C)(C)[C@@H]3C[C@@]21CC[C@H]3C. The molecule has 0 aromatic heterocycles. The van der Waals surface area contributed by atoms with Crippen LogP contribution in [-0.4, -0.2) is 5.78 Å². The molecule has 3 rings (SSSR count). The molecule has 3 fully saturated rings. The Balaban J connectivity index is 2.08. The number of fused-ring (bicyclic) bond motifs is 1. The Morgan fingerprint density at radius 1 is 1.16 bits per heavy atom. The number of Topliss-reactive ketones (excluding diaryl/α,β-unsaturated/α-hetero) is 1. The number of carbonyl (C=O) groups excluding carboxylic acids is 1. The molecule has 0 N–H and O–H groups in total. The van der Waals surface area contributed by atoms with E-state index in [0.29, 0.717) is 16.6 Å². The highest BCUT2D eigenvalue weighted by atomic mass is 16.1. The second-order valence-corrected chi connectivity index (χ2v) is 8.50. The summed E-state index contributed by atoms with van der Waals surface area (Å²) in [7, 11) is 0. The second kappa shape index (κ2) is 3.86. The lowest BCUT2D eigenvalue weighted by molar-refractivity contribution is -0.136. The molecule has 19 heavy (non-hydrogen) atoms. The summed E-state index contributed by atoms with van der Waals surface area (Å²) in [4.78, 5) is 12.7. The Morgan fingerprint density at radius 3 is 2.47 bits per heavy atom. The highest BCUT2D eigenvalue weighted by Gasteiger charge is 2.70. The van der Waals surface area contributed by atoms with Crippen LogP contribution in [0.4, 0.5) is 0 Å². The third-order valence-corrected chi connectivity index (χ3v) is 7.81. The van der Waals surface area contributed by atoms with E-state index in [4.69, 9.17) is 0 Å². The molecule has 2 bridgehead atoms. The minimum absolute atomic E-state index is 0.0153. The molecule has 108 valence electrons. The van der Waals surface area contributed by atoms with Gasteiger partial charge in [0.2, 0.25) is 0 Å². The number of ketones is 1. The maximum absolute atomic E-state index is 12.7. The first kappa shape index (κ1) is 13.6. The fourth-order valence-corrected chi connectivity index (χ4v) is 6.69. The molecule has 3 saturated carbocycles. The molecule has 3 aliphatic carbocycles. The lowest BCUT2D eigenvalue weighted by Crippen LogP contribution is -2.44. The van der Waals surface area contributed by atoms with Crippen molar-refractivity contribution in [2.45, 2.75) is 73.1 Å². The van der Waals surface area contributed by atoms with Gasteiger partial charge in [-0.3, -0.25) is 4.79 Å². The Hall–Kier alpha value is -0.330. The van der Waals surface area contributed by atoms with E-state index in [1.807, 2.05) is 0 Å². The molecule has 1 nitrogen and oxygen atoms in total. The zero-order chi connectivity index (χ0) is 14.1. The first-order chi connectivity index (χ1) is 8.79. The molecular weight excluding hydrogens is 232 g/mol. The van der Waals surface area contributed by atoms with Crippen molar-refractivity contribution in [1.29, 1.82) is 0 Å². The van der Waals surface area contributed by atoms with E-state index >= 15 is 0 Å². The van der Waals surface area contributed by atoms with Crippen molar-refractivity contribution in [1.82, 2.24) is 0 Å². The number of hydrogen-bond acceptors (Lipinski definition) is 1. The van der Waals surface area contributed by atoms with Gasteiger partial charge in [0.1, 0.15) is 5.78 Å². The summed E-state index contributed by atoms with van der Waals surface area (Å²) in [5, 5.41) is 0. The van der Waals surface area contributed by atoms with Gasteiger partial charge < -0.3 is 0 Å². The van der Waals surface area contributed by atoms with Crippen LogP contribution in [0.2, 0.25) is 0 Å². The zero-order valence-corrected chi connectivity index (χ0v) is 13.4. The first-order valence-electron chi connectivity index (χ1n) is 8.33. The van der Waals surface area contributed by atoms with Gasteiger partial charge in [-0.05, 0) is 60.7 Å². The molecular formula is C18H30O. The van der Waals surface area contributed by atoms with Crippen LogP contribution in [0.3, 0.4) is 0 Å². The number of carbonyl (C=O) groups is 1. The van der Waals surface area contributed by atoms with Crippen LogP contribution in [0, 0.1) is 34.0 Å². The lowest BCUT2D eigenvalue weighted by Gasteiger charge is -2.46. The molecule has 0 aromatic rings. The van der Waals surface area contributed by atoms with Gasteiger partial charge >= 0.3 is 0 Å². The second-order valence-electron chi connectivity index (χ2n) is 8.50. The molecule has 3 aliphatic rings. The van der Waals surface area contributed by atoms with Crippen molar-refractivity contribution in [3.63, 3.8) is 0 Å². The third-order valence-electron chi connectivity index (χ3n) is 7.81. The van der Waals surface area contributed by atoms with Crippen molar-refractivity contribution in [3.05, 3.63) is 0 Å². The highest BCUT2D eigenvalue weighted by Crippen LogP contribution is 2.76. The van der Waals surface area contributed by atoms with Gasteiger partial charge in [0.05, 0.1) is 0 Å². The van der Waals surface area contributed by atoms with Crippen LogP contribution in [-0.2, 0) is 4.79 Å². The van der Waals surface area contributed by atoms with E-state index in [1.165, 1.54) is 25.7 Å². The fraction of sp³-hybridized carbons (Fsp3) is 0.944. The highest BCUT2D eigenvalue weighted by molar-refractivity contribution is 5.85. The molecule has 0 saturated heterocycles. The number of rotatable bonds is 2. The number of hydrogen-bond donors (Lipinski definition) is 0. The monoisotopic (exact) mass is 262 g/mol. The van der Waals surface area contributed by atoms with Crippen LogP contribution in [0.1, 0.15) is 73.1 Å². The average molecular weight is 262 g/mol. The molecule has 0 aliphatic heterocycles. The van der Waals surface area contributed by atoms with Gasteiger partial charge in [-0.2, -0.15) is 0 Å².